The SMILES string of the molecule is Cl.N[C@@H](C[C@@H]1CCNC1=O)C(O)C(=O)NCc1ccccc1. The molecule has 1 aromatic carbocycles. The van der Waals surface area contributed by atoms with Crippen LogP contribution in [0.15, 0.2) is 30.3 Å². The molecule has 1 aromatic rings. The minimum atomic E-state index is -1.30. The number of carbonyl (C=O) groups excluding carboxylic acids is 2. The van der Waals surface area contributed by atoms with Crippen LogP contribution < -0.4 is 16.4 Å². The lowest BCUT2D eigenvalue weighted by atomic mass is 9.95. The quantitative estimate of drug-likeness (QED) is 0.587. The lowest BCUT2D eigenvalue weighted by molar-refractivity contribution is -0.131. The number of benzene rings is 1. The molecule has 122 valence electrons. The normalized spacial score (nSPS) is 19.7. The van der Waals surface area contributed by atoms with Crippen molar-refractivity contribution in [1.29, 1.82) is 0 Å². The zero-order chi connectivity index (χ0) is 15.2. The molecule has 1 heterocycles. The third-order valence-electron chi connectivity index (χ3n) is 3.70. The molecule has 0 aliphatic carbocycles. The molecular weight excluding hydrogens is 306 g/mol. The summed E-state index contributed by atoms with van der Waals surface area (Å²) in [6.45, 7) is 0.972. The van der Waals surface area contributed by atoms with E-state index in [1.807, 2.05) is 30.3 Å². The molecule has 1 aliphatic heterocycles. The van der Waals surface area contributed by atoms with Crippen molar-refractivity contribution < 1.29 is 14.7 Å². The Morgan fingerprint density at radius 3 is 2.68 bits per heavy atom. The van der Waals surface area contributed by atoms with Crippen molar-refractivity contribution in [2.24, 2.45) is 11.7 Å². The van der Waals surface area contributed by atoms with E-state index in [-0.39, 0.29) is 24.2 Å². The molecule has 1 unspecified atom stereocenters. The fourth-order valence-electron chi connectivity index (χ4n) is 2.41. The summed E-state index contributed by atoms with van der Waals surface area (Å²) in [4.78, 5) is 23.3. The van der Waals surface area contributed by atoms with Gasteiger partial charge in [0.15, 0.2) is 0 Å². The van der Waals surface area contributed by atoms with Gasteiger partial charge in [-0.1, -0.05) is 30.3 Å². The van der Waals surface area contributed by atoms with Crippen LogP contribution in [0.5, 0.6) is 0 Å². The zero-order valence-corrected chi connectivity index (χ0v) is 13.0. The summed E-state index contributed by atoms with van der Waals surface area (Å²) in [5, 5.41) is 15.3. The first-order valence-electron chi connectivity index (χ1n) is 7.11. The third kappa shape index (κ3) is 4.98. The topological polar surface area (TPSA) is 104 Å². The van der Waals surface area contributed by atoms with Gasteiger partial charge in [0.25, 0.3) is 5.91 Å². The van der Waals surface area contributed by atoms with E-state index in [1.54, 1.807) is 0 Å². The highest BCUT2D eigenvalue weighted by atomic mass is 35.5. The largest absolute Gasteiger partial charge is 0.382 e. The molecule has 0 aromatic heterocycles. The van der Waals surface area contributed by atoms with E-state index in [0.717, 1.165) is 5.56 Å². The number of nitrogens with two attached hydrogens (primary N) is 1. The van der Waals surface area contributed by atoms with Gasteiger partial charge in [0.05, 0.1) is 0 Å². The Bertz CT molecular complexity index is 498. The van der Waals surface area contributed by atoms with Crippen LogP contribution in [0.4, 0.5) is 0 Å². The molecule has 2 rings (SSSR count). The Balaban J connectivity index is 0.00000242. The van der Waals surface area contributed by atoms with E-state index in [4.69, 9.17) is 5.73 Å². The highest BCUT2D eigenvalue weighted by Crippen LogP contribution is 2.16. The number of amides is 2. The van der Waals surface area contributed by atoms with Gasteiger partial charge in [-0.2, -0.15) is 0 Å². The maximum Gasteiger partial charge on any atom is 0.250 e. The first kappa shape index (κ1) is 18.4. The average molecular weight is 328 g/mol. The number of aliphatic hydroxyl groups is 1. The minimum Gasteiger partial charge on any atom is -0.382 e. The summed E-state index contributed by atoms with van der Waals surface area (Å²) in [6, 6.07) is 8.67. The van der Waals surface area contributed by atoms with Gasteiger partial charge in [0.2, 0.25) is 5.91 Å². The van der Waals surface area contributed by atoms with E-state index < -0.39 is 18.1 Å². The van der Waals surface area contributed by atoms with E-state index in [1.165, 1.54) is 0 Å². The van der Waals surface area contributed by atoms with Gasteiger partial charge in [-0.3, -0.25) is 9.59 Å². The highest BCUT2D eigenvalue weighted by molar-refractivity contribution is 5.85. The van der Waals surface area contributed by atoms with Crippen LogP contribution in [-0.4, -0.2) is 35.6 Å². The van der Waals surface area contributed by atoms with E-state index >= 15 is 0 Å². The lowest BCUT2D eigenvalue weighted by Crippen LogP contribution is -2.47. The maximum atomic E-state index is 11.9. The second-order valence-corrected chi connectivity index (χ2v) is 5.32. The van der Waals surface area contributed by atoms with E-state index in [2.05, 4.69) is 10.6 Å². The lowest BCUT2D eigenvalue weighted by Gasteiger charge is -2.20. The standard InChI is InChI=1S/C15H21N3O3.ClH/c16-12(8-11-6-7-17-14(11)20)13(19)15(21)18-9-10-4-2-1-3-5-10;/h1-5,11-13,19H,6-9,16H2,(H,17,20)(H,18,21);1H/t11-,12-,13?;/m0./s1. The first-order chi connectivity index (χ1) is 10.1. The number of hydrogen-bond acceptors (Lipinski definition) is 4. The summed E-state index contributed by atoms with van der Waals surface area (Å²) in [5.74, 6) is -0.774. The molecule has 7 heteroatoms. The van der Waals surface area contributed by atoms with Crippen molar-refractivity contribution in [1.82, 2.24) is 10.6 Å². The Morgan fingerprint density at radius 2 is 2.09 bits per heavy atom. The molecule has 0 saturated carbocycles. The fraction of sp³-hybridized carbons (Fsp3) is 0.467. The van der Waals surface area contributed by atoms with Crippen LogP contribution >= 0.6 is 12.4 Å². The predicted octanol–water partition coefficient (Wildman–Crippen LogP) is -0.0610. The molecule has 0 spiro atoms. The maximum absolute atomic E-state index is 11.9. The first-order valence-corrected chi connectivity index (χ1v) is 7.11. The fourth-order valence-corrected chi connectivity index (χ4v) is 2.41. The van der Waals surface area contributed by atoms with Gasteiger partial charge in [-0.15, -0.1) is 12.4 Å². The Hall–Kier alpha value is -1.63. The van der Waals surface area contributed by atoms with Gasteiger partial charge < -0.3 is 21.5 Å². The Labute approximate surface area is 135 Å². The Kier molecular flexibility index (Phi) is 7.31. The molecule has 0 radical (unpaired) electrons. The van der Waals surface area contributed by atoms with Crippen molar-refractivity contribution in [3.05, 3.63) is 35.9 Å². The van der Waals surface area contributed by atoms with Gasteiger partial charge >= 0.3 is 0 Å². The number of nitrogens with one attached hydrogen (secondary N) is 2. The summed E-state index contributed by atoms with van der Waals surface area (Å²) in [7, 11) is 0. The van der Waals surface area contributed by atoms with Crippen LogP contribution in [-0.2, 0) is 16.1 Å². The van der Waals surface area contributed by atoms with E-state index in [0.29, 0.717) is 25.9 Å². The summed E-state index contributed by atoms with van der Waals surface area (Å²) in [5.41, 5.74) is 6.78. The monoisotopic (exact) mass is 327 g/mol. The molecule has 6 nitrogen and oxygen atoms in total. The van der Waals surface area contributed by atoms with Crippen LogP contribution in [0, 0.1) is 5.92 Å². The molecule has 3 atom stereocenters. The van der Waals surface area contributed by atoms with Crippen LogP contribution in [0.3, 0.4) is 0 Å². The minimum absolute atomic E-state index is 0. The molecule has 1 saturated heterocycles. The average Bonchev–Trinajstić information content (AvgIpc) is 2.90. The highest BCUT2D eigenvalue weighted by Gasteiger charge is 2.31. The van der Waals surface area contributed by atoms with Gasteiger partial charge in [-0.25, -0.2) is 0 Å². The van der Waals surface area contributed by atoms with Gasteiger partial charge in [0, 0.05) is 25.0 Å². The van der Waals surface area contributed by atoms with Crippen molar-refractivity contribution in [2.75, 3.05) is 6.54 Å². The number of aliphatic hydroxyl groups excluding tert-OH is 1. The van der Waals surface area contributed by atoms with Gasteiger partial charge in [-0.05, 0) is 18.4 Å². The smallest absolute Gasteiger partial charge is 0.250 e. The molecule has 0 bridgehead atoms. The third-order valence-corrected chi connectivity index (χ3v) is 3.70. The molecule has 22 heavy (non-hydrogen) atoms. The second-order valence-electron chi connectivity index (χ2n) is 5.32. The molecular formula is C15H22ClN3O3. The van der Waals surface area contributed by atoms with Crippen LogP contribution in [0.25, 0.3) is 0 Å². The molecule has 1 fully saturated rings. The number of halogens is 1. The number of carbonyl (C=O) groups is 2. The van der Waals surface area contributed by atoms with E-state index in [9.17, 15) is 14.7 Å². The summed E-state index contributed by atoms with van der Waals surface area (Å²) < 4.78 is 0. The predicted molar refractivity (Wildman–Crippen MR) is 85.3 cm³/mol. The van der Waals surface area contributed by atoms with Crippen molar-refractivity contribution in [3.63, 3.8) is 0 Å². The number of hydrogen-bond donors (Lipinski definition) is 4. The number of rotatable bonds is 6. The van der Waals surface area contributed by atoms with Crippen molar-refractivity contribution >= 4 is 24.2 Å². The van der Waals surface area contributed by atoms with Crippen molar-refractivity contribution in [3.8, 4) is 0 Å². The summed E-state index contributed by atoms with van der Waals surface area (Å²) in [6.07, 6.45) is -0.293. The molecule has 1 aliphatic rings. The van der Waals surface area contributed by atoms with Crippen molar-refractivity contribution in [2.45, 2.75) is 31.5 Å². The van der Waals surface area contributed by atoms with Crippen LogP contribution in [0.2, 0.25) is 0 Å². The Morgan fingerprint density at radius 1 is 1.41 bits per heavy atom. The van der Waals surface area contributed by atoms with Crippen LogP contribution in [0.1, 0.15) is 18.4 Å². The van der Waals surface area contributed by atoms with Gasteiger partial charge in [0.1, 0.15) is 6.10 Å². The molecule has 5 N–H and O–H groups in total. The molecule has 2 amide bonds. The second kappa shape index (κ2) is 8.73. The summed E-state index contributed by atoms with van der Waals surface area (Å²) >= 11 is 0. The zero-order valence-electron chi connectivity index (χ0n) is 12.2.